The van der Waals surface area contributed by atoms with Crippen molar-refractivity contribution in [3.63, 3.8) is 0 Å². The molecule has 0 spiro atoms. The van der Waals surface area contributed by atoms with E-state index < -0.39 is 11.8 Å². The predicted octanol–water partition coefficient (Wildman–Crippen LogP) is -1.58. The summed E-state index contributed by atoms with van der Waals surface area (Å²) in [6.45, 7) is 2.72. The van der Waals surface area contributed by atoms with Crippen LogP contribution in [0.5, 0.6) is 0 Å². The Morgan fingerprint density at radius 1 is 1.62 bits per heavy atom. The summed E-state index contributed by atoms with van der Waals surface area (Å²) in [5.41, 5.74) is 4.83. The maximum absolute atomic E-state index is 10.1. The van der Waals surface area contributed by atoms with Crippen molar-refractivity contribution in [1.29, 1.82) is 0 Å². The molecule has 8 heavy (non-hydrogen) atoms. The summed E-state index contributed by atoms with van der Waals surface area (Å²) in [6.07, 6.45) is 0. The van der Waals surface area contributed by atoms with E-state index in [1.54, 1.807) is 0 Å². The van der Waals surface area contributed by atoms with Crippen molar-refractivity contribution >= 4 is 11.8 Å². The molecule has 3 N–H and O–H groups in total. The molecule has 0 aromatic carbocycles. The fourth-order valence-electron chi connectivity index (χ4n) is 0.207. The molecule has 0 unspecified atom stereocenters. The number of hydrogen-bond acceptors (Lipinski definition) is 3. The Morgan fingerprint density at radius 2 is 2.12 bits per heavy atom. The number of carbonyl (C=O) groups excluding carboxylic acids is 2. The number of nitrogens with one attached hydrogen (secondary N) is 1. The van der Waals surface area contributed by atoms with Gasteiger partial charge in [0.2, 0.25) is 11.8 Å². The molecule has 0 fully saturated rings. The standard InChI is InChI=1S/C4H7N2O2/c1-3(7)6-4(8)2-5/h1-2,5H2,(H,6,7,8). The number of hydrogen-bond donors (Lipinski definition) is 2. The highest BCUT2D eigenvalue weighted by molar-refractivity contribution is 5.97. The van der Waals surface area contributed by atoms with Gasteiger partial charge in [0.25, 0.3) is 0 Å². The van der Waals surface area contributed by atoms with Gasteiger partial charge >= 0.3 is 0 Å². The number of imide groups is 1. The van der Waals surface area contributed by atoms with Gasteiger partial charge in [0.15, 0.2) is 0 Å². The Bertz CT molecular complexity index is 111. The van der Waals surface area contributed by atoms with E-state index in [0.29, 0.717) is 0 Å². The molecule has 0 rings (SSSR count). The van der Waals surface area contributed by atoms with E-state index in [2.05, 4.69) is 6.92 Å². The van der Waals surface area contributed by atoms with Crippen LogP contribution in [0.15, 0.2) is 0 Å². The lowest BCUT2D eigenvalue weighted by Gasteiger charge is -1.92. The topological polar surface area (TPSA) is 72.2 Å². The van der Waals surface area contributed by atoms with Crippen LogP contribution in [-0.4, -0.2) is 18.4 Å². The van der Waals surface area contributed by atoms with Crippen molar-refractivity contribution in [1.82, 2.24) is 5.32 Å². The SMILES string of the molecule is [CH2]C(=O)NC(=O)CN. The van der Waals surface area contributed by atoms with Gasteiger partial charge in [0, 0.05) is 6.92 Å². The minimum atomic E-state index is -0.625. The maximum atomic E-state index is 10.1. The molecule has 1 radical (unpaired) electrons. The van der Waals surface area contributed by atoms with Gasteiger partial charge in [-0.2, -0.15) is 0 Å². The molecule has 0 atom stereocenters. The number of carbonyl (C=O) groups is 2. The maximum Gasteiger partial charge on any atom is 0.240 e. The second kappa shape index (κ2) is 3.15. The van der Waals surface area contributed by atoms with E-state index in [4.69, 9.17) is 5.73 Å². The number of amides is 2. The lowest BCUT2D eigenvalue weighted by molar-refractivity contribution is -0.127. The van der Waals surface area contributed by atoms with Gasteiger partial charge < -0.3 is 5.73 Å². The molecule has 0 aliphatic heterocycles. The Labute approximate surface area is 47.0 Å². The molecular formula is C4H7N2O2. The van der Waals surface area contributed by atoms with E-state index >= 15 is 0 Å². The van der Waals surface area contributed by atoms with E-state index in [0.717, 1.165) is 0 Å². The average Bonchev–Trinajstić information content (AvgIpc) is 1.65. The van der Waals surface area contributed by atoms with Gasteiger partial charge in [-0.25, -0.2) is 0 Å². The van der Waals surface area contributed by atoms with E-state index in [9.17, 15) is 9.59 Å². The second-order valence-corrected chi connectivity index (χ2v) is 1.18. The van der Waals surface area contributed by atoms with Crippen molar-refractivity contribution in [3.05, 3.63) is 6.92 Å². The zero-order valence-electron chi connectivity index (χ0n) is 4.31. The lowest BCUT2D eigenvalue weighted by atomic mass is 10.6. The van der Waals surface area contributed by atoms with Crippen LogP contribution in [0.3, 0.4) is 0 Å². The van der Waals surface area contributed by atoms with Crippen LogP contribution in [0.4, 0.5) is 0 Å². The first-order chi connectivity index (χ1) is 3.66. The highest BCUT2D eigenvalue weighted by Crippen LogP contribution is 1.58. The normalized spacial score (nSPS) is 8.25. The summed E-state index contributed by atoms with van der Waals surface area (Å²) >= 11 is 0. The van der Waals surface area contributed by atoms with E-state index in [-0.39, 0.29) is 6.54 Å². The van der Waals surface area contributed by atoms with Gasteiger partial charge in [-0.05, 0) is 0 Å². The van der Waals surface area contributed by atoms with Crippen LogP contribution in [0, 0.1) is 6.92 Å². The third-order valence-electron chi connectivity index (χ3n) is 0.464. The summed E-state index contributed by atoms with van der Waals surface area (Å²) < 4.78 is 0. The molecule has 4 heteroatoms. The quantitative estimate of drug-likeness (QED) is 0.433. The highest BCUT2D eigenvalue weighted by atomic mass is 16.2. The molecule has 0 bridgehead atoms. The van der Waals surface area contributed by atoms with Gasteiger partial charge in [-0.15, -0.1) is 0 Å². The monoisotopic (exact) mass is 115 g/mol. The largest absolute Gasteiger partial charge is 0.322 e. The molecular weight excluding hydrogens is 108 g/mol. The van der Waals surface area contributed by atoms with Crippen molar-refractivity contribution in [2.45, 2.75) is 0 Å². The fraction of sp³-hybridized carbons (Fsp3) is 0.250. The van der Waals surface area contributed by atoms with Crippen LogP contribution in [0.25, 0.3) is 0 Å². The second-order valence-electron chi connectivity index (χ2n) is 1.18. The van der Waals surface area contributed by atoms with Crippen molar-refractivity contribution in [2.75, 3.05) is 6.54 Å². The van der Waals surface area contributed by atoms with E-state index in [1.165, 1.54) is 0 Å². The molecule has 0 aromatic rings. The average molecular weight is 115 g/mol. The third kappa shape index (κ3) is 3.30. The van der Waals surface area contributed by atoms with Crippen LogP contribution in [-0.2, 0) is 9.59 Å². The third-order valence-corrected chi connectivity index (χ3v) is 0.464. The lowest BCUT2D eigenvalue weighted by Crippen LogP contribution is -2.33. The Hall–Kier alpha value is -0.900. The van der Waals surface area contributed by atoms with Crippen molar-refractivity contribution in [3.8, 4) is 0 Å². The van der Waals surface area contributed by atoms with Crippen LogP contribution < -0.4 is 11.1 Å². The molecule has 0 saturated heterocycles. The first-order valence-electron chi connectivity index (χ1n) is 2.02. The Balaban J connectivity index is 3.40. The van der Waals surface area contributed by atoms with Crippen LogP contribution >= 0.6 is 0 Å². The molecule has 0 aliphatic carbocycles. The smallest absolute Gasteiger partial charge is 0.240 e. The molecule has 0 aromatic heterocycles. The highest BCUT2D eigenvalue weighted by Gasteiger charge is 1.96. The van der Waals surface area contributed by atoms with E-state index in [1.807, 2.05) is 5.32 Å². The first-order valence-corrected chi connectivity index (χ1v) is 2.02. The van der Waals surface area contributed by atoms with Crippen LogP contribution in [0.1, 0.15) is 0 Å². The minimum Gasteiger partial charge on any atom is -0.322 e. The Morgan fingerprint density at radius 3 is 2.25 bits per heavy atom. The number of rotatable bonds is 1. The predicted molar refractivity (Wildman–Crippen MR) is 27.6 cm³/mol. The fourth-order valence-corrected chi connectivity index (χ4v) is 0.207. The molecule has 0 saturated carbocycles. The van der Waals surface area contributed by atoms with Gasteiger partial charge in [-0.3, -0.25) is 14.9 Å². The molecule has 2 amide bonds. The summed E-state index contributed by atoms with van der Waals surface area (Å²) in [7, 11) is 0. The molecule has 45 valence electrons. The summed E-state index contributed by atoms with van der Waals surface area (Å²) in [6, 6.07) is 0. The summed E-state index contributed by atoms with van der Waals surface area (Å²) in [4.78, 5) is 20.0. The molecule has 0 heterocycles. The molecule has 0 aliphatic rings. The summed E-state index contributed by atoms with van der Waals surface area (Å²) in [5, 5.41) is 1.88. The Kier molecular flexibility index (Phi) is 2.79. The summed E-state index contributed by atoms with van der Waals surface area (Å²) in [5.74, 6) is -1.13. The van der Waals surface area contributed by atoms with Gasteiger partial charge in [-0.1, -0.05) is 0 Å². The first kappa shape index (κ1) is 7.10. The van der Waals surface area contributed by atoms with Gasteiger partial charge in [0.1, 0.15) is 0 Å². The van der Waals surface area contributed by atoms with Crippen LogP contribution in [0.2, 0.25) is 0 Å². The van der Waals surface area contributed by atoms with Crippen molar-refractivity contribution in [2.24, 2.45) is 5.73 Å². The van der Waals surface area contributed by atoms with Crippen molar-refractivity contribution < 1.29 is 9.59 Å². The molecule has 4 nitrogen and oxygen atoms in total. The van der Waals surface area contributed by atoms with Gasteiger partial charge in [0.05, 0.1) is 6.54 Å². The minimum absolute atomic E-state index is 0.179. The zero-order chi connectivity index (χ0) is 6.57. The zero-order valence-corrected chi connectivity index (χ0v) is 4.31. The number of nitrogens with two attached hydrogens (primary N) is 1.